The third-order valence-corrected chi connectivity index (χ3v) is 8.61. The van der Waals surface area contributed by atoms with Gasteiger partial charge in [0, 0.05) is 32.0 Å². The SMILES string of the molecule is CO[C@@H]1C(CC(=O)NCCC2CCCN2C)CC[C@]2(CO2)[C@H]1C1(C)O[C@@H]1CCC(C)C. The Morgan fingerprint density at radius 3 is 2.68 bits per heavy atom. The van der Waals surface area contributed by atoms with E-state index in [-0.39, 0.29) is 41.2 Å². The van der Waals surface area contributed by atoms with E-state index in [2.05, 4.69) is 38.0 Å². The van der Waals surface area contributed by atoms with E-state index in [1.54, 1.807) is 7.11 Å². The summed E-state index contributed by atoms with van der Waals surface area (Å²) in [5, 5.41) is 3.19. The minimum Gasteiger partial charge on any atom is -0.381 e. The van der Waals surface area contributed by atoms with Crippen LogP contribution in [-0.4, -0.2) is 74.1 Å². The number of rotatable bonds is 10. The average Bonchev–Trinajstić information content (AvgIpc) is 3.59. The van der Waals surface area contributed by atoms with E-state index in [0.29, 0.717) is 18.4 Å². The average molecular weight is 437 g/mol. The Morgan fingerprint density at radius 2 is 2.06 bits per heavy atom. The van der Waals surface area contributed by atoms with Crippen LogP contribution in [0.2, 0.25) is 0 Å². The maximum absolute atomic E-state index is 12.8. The van der Waals surface area contributed by atoms with E-state index in [9.17, 15) is 4.79 Å². The Kier molecular flexibility index (Phi) is 7.03. The Labute approximate surface area is 188 Å². The van der Waals surface area contributed by atoms with Gasteiger partial charge in [-0.2, -0.15) is 0 Å². The van der Waals surface area contributed by atoms with Gasteiger partial charge in [0.15, 0.2) is 0 Å². The summed E-state index contributed by atoms with van der Waals surface area (Å²) < 4.78 is 18.5. The molecule has 178 valence electrons. The van der Waals surface area contributed by atoms with Gasteiger partial charge in [-0.15, -0.1) is 0 Å². The molecule has 0 bridgehead atoms. The van der Waals surface area contributed by atoms with Crippen molar-refractivity contribution in [3.63, 3.8) is 0 Å². The molecule has 0 aromatic rings. The van der Waals surface area contributed by atoms with Crippen molar-refractivity contribution in [1.82, 2.24) is 10.2 Å². The van der Waals surface area contributed by atoms with Crippen LogP contribution in [0.15, 0.2) is 0 Å². The number of hydrogen-bond donors (Lipinski definition) is 1. The fourth-order valence-electron chi connectivity index (χ4n) is 6.54. The van der Waals surface area contributed by atoms with Crippen molar-refractivity contribution in [2.24, 2.45) is 17.8 Å². The molecule has 3 unspecified atom stereocenters. The molecule has 31 heavy (non-hydrogen) atoms. The van der Waals surface area contributed by atoms with E-state index < -0.39 is 0 Å². The maximum atomic E-state index is 12.8. The molecule has 6 nitrogen and oxygen atoms in total. The zero-order chi connectivity index (χ0) is 22.2. The van der Waals surface area contributed by atoms with E-state index in [0.717, 1.165) is 38.8 Å². The van der Waals surface area contributed by atoms with Crippen molar-refractivity contribution in [3.8, 4) is 0 Å². The van der Waals surface area contributed by atoms with Crippen LogP contribution in [0, 0.1) is 17.8 Å². The van der Waals surface area contributed by atoms with Gasteiger partial charge in [0.05, 0.1) is 24.4 Å². The van der Waals surface area contributed by atoms with Crippen molar-refractivity contribution >= 4 is 5.91 Å². The van der Waals surface area contributed by atoms with Gasteiger partial charge in [0.1, 0.15) is 5.60 Å². The zero-order valence-corrected chi connectivity index (χ0v) is 20.3. The lowest BCUT2D eigenvalue weighted by atomic mass is 9.64. The van der Waals surface area contributed by atoms with Crippen LogP contribution in [0.25, 0.3) is 0 Å². The minimum absolute atomic E-state index is 0.0111. The molecule has 3 saturated heterocycles. The van der Waals surface area contributed by atoms with E-state index >= 15 is 0 Å². The number of amides is 1. The second-order valence-corrected chi connectivity index (χ2v) is 11.2. The molecule has 1 spiro atoms. The zero-order valence-electron chi connectivity index (χ0n) is 20.3. The molecule has 0 aromatic carbocycles. The molecule has 1 aliphatic carbocycles. The summed E-state index contributed by atoms with van der Waals surface area (Å²) in [4.78, 5) is 15.2. The first-order valence-corrected chi connectivity index (χ1v) is 12.6. The number of nitrogens with zero attached hydrogens (tertiary/aromatic N) is 1. The van der Waals surface area contributed by atoms with E-state index in [1.807, 2.05) is 0 Å². The highest BCUT2D eigenvalue weighted by atomic mass is 16.6. The van der Waals surface area contributed by atoms with Gasteiger partial charge in [-0.1, -0.05) is 13.8 Å². The van der Waals surface area contributed by atoms with E-state index in [4.69, 9.17) is 14.2 Å². The van der Waals surface area contributed by atoms with Gasteiger partial charge in [-0.05, 0) is 77.3 Å². The minimum atomic E-state index is -0.186. The summed E-state index contributed by atoms with van der Waals surface area (Å²) in [5.74, 6) is 1.29. The van der Waals surface area contributed by atoms with Gasteiger partial charge in [-0.3, -0.25) is 4.79 Å². The quantitative estimate of drug-likeness (QED) is 0.532. The van der Waals surface area contributed by atoms with Gasteiger partial charge in [0.2, 0.25) is 5.91 Å². The number of carbonyl (C=O) groups is 1. The Hall–Kier alpha value is -0.690. The number of ether oxygens (including phenoxy) is 3. The molecule has 1 saturated carbocycles. The Bertz CT molecular complexity index is 637. The van der Waals surface area contributed by atoms with Crippen LogP contribution in [0.4, 0.5) is 0 Å². The number of hydrogen-bond acceptors (Lipinski definition) is 5. The summed E-state index contributed by atoms with van der Waals surface area (Å²) in [7, 11) is 3.99. The molecule has 4 rings (SSSR count). The van der Waals surface area contributed by atoms with Crippen LogP contribution in [0.5, 0.6) is 0 Å². The largest absolute Gasteiger partial charge is 0.381 e. The number of epoxide rings is 2. The summed E-state index contributed by atoms with van der Waals surface area (Å²) in [6.07, 6.45) is 8.68. The van der Waals surface area contributed by atoms with Crippen molar-refractivity contribution in [2.75, 3.05) is 33.9 Å². The highest BCUT2D eigenvalue weighted by Crippen LogP contribution is 2.60. The number of nitrogens with one attached hydrogen (secondary N) is 1. The van der Waals surface area contributed by atoms with Gasteiger partial charge in [0.25, 0.3) is 0 Å². The normalized spacial score (nSPS) is 42.3. The first-order chi connectivity index (χ1) is 14.8. The molecule has 1 N–H and O–H groups in total. The molecule has 3 heterocycles. The topological polar surface area (TPSA) is 66.6 Å². The second-order valence-electron chi connectivity index (χ2n) is 11.2. The van der Waals surface area contributed by atoms with Crippen LogP contribution in [-0.2, 0) is 19.0 Å². The third kappa shape index (κ3) is 4.97. The van der Waals surface area contributed by atoms with Crippen LogP contribution in [0.1, 0.15) is 72.1 Å². The Morgan fingerprint density at radius 1 is 1.29 bits per heavy atom. The third-order valence-electron chi connectivity index (χ3n) is 8.61. The lowest BCUT2D eigenvalue weighted by molar-refractivity contribution is -0.128. The van der Waals surface area contributed by atoms with Crippen molar-refractivity contribution < 1.29 is 19.0 Å². The van der Waals surface area contributed by atoms with Gasteiger partial charge >= 0.3 is 0 Å². The molecule has 4 fully saturated rings. The van der Waals surface area contributed by atoms with Crippen LogP contribution >= 0.6 is 0 Å². The molecule has 4 aliphatic rings. The molecular weight excluding hydrogens is 392 g/mol. The van der Waals surface area contributed by atoms with Crippen LogP contribution < -0.4 is 5.32 Å². The fourth-order valence-corrected chi connectivity index (χ4v) is 6.54. The highest BCUT2D eigenvalue weighted by molar-refractivity contribution is 5.76. The molecule has 0 radical (unpaired) electrons. The molecule has 3 aliphatic heterocycles. The van der Waals surface area contributed by atoms with Crippen molar-refractivity contribution in [1.29, 1.82) is 0 Å². The van der Waals surface area contributed by atoms with Crippen molar-refractivity contribution in [2.45, 2.75) is 102 Å². The summed E-state index contributed by atoms with van der Waals surface area (Å²) in [6, 6.07) is 0.618. The fraction of sp³-hybridized carbons (Fsp3) is 0.960. The molecule has 1 amide bonds. The summed E-state index contributed by atoms with van der Waals surface area (Å²) >= 11 is 0. The number of likely N-dealkylation sites (tertiary alicyclic amines) is 1. The number of carbonyl (C=O) groups excluding carboxylic acids is 1. The summed E-state index contributed by atoms with van der Waals surface area (Å²) in [6.45, 7) is 9.54. The van der Waals surface area contributed by atoms with E-state index in [1.165, 1.54) is 25.8 Å². The first-order valence-electron chi connectivity index (χ1n) is 12.6. The van der Waals surface area contributed by atoms with Crippen molar-refractivity contribution in [3.05, 3.63) is 0 Å². The molecule has 6 heteroatoms. The van der Waals surface area contributed by atoms with Gasteiger partial charge in [-0.25, -0.2) is 0 Å². The Balaban J connectivity index is 1.33. The van der Waals surface area contributed by atoms with Crippen LogP contribution in [0.3, 0.4) is 0 Å². The standard InChI is InChI=1S/C25H44N2O4/c1-17(2)8-9-20-24(3,31-20)23-22(29-5)18(10-12-25(23)16-30-25)15-21(28)26-13-11-19-7-6-14-27(19)4/h17-20,22-23H,6-16H2,1-5H3,(H,26,28)/t18?,19?,20-,22-,23-,24?,25+/m1/s1. The predicted molar refractivity (Wildman–Crippen MR) is 121 cm³/mol. The monoisotopic (exact) mass is 436 g/mol. The molecule has 0 aromatic heterocycles. The molecule has 7 atom stereocenters. The van der Waals surface area contributed by atoms with Gasteiger partial charge < -0.3 is 24.4 Å². The maximum Gasteiger partial charge on any atom is 0.220 e. The smallest absolute Gasteiger partial charge is 0.220 e. The summed E-state index contributed by atoms with van der Waals surface area (Å²) in [5.41, 5.74) is -0.281. The lowest BCUT2D eigenvalue weighted by Gasteiger charge is -2.43. The molecular formula is C25H44N2O4. The predicted octanol–water partition coefficient (Wildman–Crippen LogP) is 3.38. The number of methoxy groups -OCH3 is 1. The first kappa shape index (κ1) is 23.5. The lowest BCUT2D eigenvalue weighted by Crippen LogP contribution is -2.53. The highest BCUT2D eigenvalue weighted by Gasteiger charge is 2.71. The second kappa shape index (κ2) is 9.28.